The predicted molar refractivity (Wildman–Crippen MR) is 106 cm³/mol. The molecule has 28 heavy (non-hydrogen) atoms. The van der Waals surface area contributed by atoms with Crippen molar-refractivity contribution in [3.8, 4) is 17.6 Å². The second-order valence-electron chi connectivity index (χ2n) is 6.22. The van der Waals surface area contributed by atoms with Crippen LogP contribution in [0.2, 0.25) is 5.02 Å². The molecule has 1 aliphatic rings. The van der Waals surface area contributed by atoms with Gasteiger partial charge in [0.1, 0.15) is 24.2 Å². The highest BCUT2D eigenvalue weighted by Crippen LogP contribution is 2.35. The van der Waals surface area contributed by atoms with Gasteiger partial charge in [0.15, 0.2) is 0 Å². The Morgan fingerprint density at radius 2 is 1.86 bits per heavy atom. The normalized spacial score (nSPS) is 15.8. The Kier molecular flexibility index (Phi) is 4.88. The molecule has 1 heterocycles. The number of anilines is 1. The van der Waals surface area contributed by atoms with Gasteiger partial charge in [-0.25, -0.2) is 4.79 Å². The van der Waals surface area contributed by atoms with E-state index in [-0.39, 0.29) is 12.6 Å². The van der Waals surface area contributed by atoms with Gasteiger partial charge < -0.3 is 9.47 Å². The van der Waals surface area contributed by atoms with Crippen LogP contribution in [0.1, 0.15) is 17.2 Å². The maximum Gasteiger partial charge on any atom is 0.415 e. The monoisotopic (exact) mass is 390 g/mol. The summed E-state index contributed by atoms with van der Waals surface area (Å²) in [6.07, 6.45) is -0.409. The number of carbonyl (C=O) groups excluding carboxylic acids is 1. The van der Waals surface area contributed by atoms with Gasteiger partial charge in [0.05, 0.1) is 11.6 Å². The molecule has 0 radical (unpaired) electrons. The standard InChI is InChI=1S/C22H15ClN2O3/c23-17-8-10-18(11-9-17)25-20(14-27-22(25)26)15-5-3-6-19(12-15)28-21-7-2-1-4-16(21)13-24/h1-12,20H,14H2. The summed E-state index contributed by atoms with van der Waals surface area (Å²) in [6, 6.07) is 23.3. The van der Waals surface area contributed by atoms with Gasteiger partial charge in [-0.05, 0) is 54.1 Å². The summed E-state index contributed by atoms with van der Waals surface area (Å²) in [5, 5.41) is 9.83. The van der Waals surface area contributed by atoms with Gasteiger partial charge >= 0.3 is 6.09 Å². The lowest BCUT2D eigenvalue weighted by molar-refractivity contribution is 0.179. The van der Waals surface area contributed by atoms with Crippen LogP contribution in [0.3, 0.4) is 0 Å². The van der Waals surface area contributed by atoms with Crippen LogP contribution in [0, 0.1) is 11.3 Å². The number of hydrogen-bond acceptors (Lipinski definition) is 4. The van der Waals surface area contributed by atoms with Crippen molar-refractivity contribution in [1.29, 1.82) is 5.26 Å². The zero-order valence-corrected chi connectivity index (χ0v) is 15.5. The molecule has 0 N–H and O–H groups in total. The lowest BCUT2D eigenvalue weighted by Gasteiger charge is -2.22. The van der Waals surface area contributed by atoms with Crippen LogP contribution in [-0.2, 0) is 4.74 Å². The van der Waals surface area contributed by atoms with Crippen molar-refractivity contribution >= 4 is 23.4 Å². The van der Waals surface area contributed by atoms with E-state index in [1.54, 1.807) is 47.4 Å². The fraction of sp³-hybridized carbons (Fsp3) is 0.0909. The maximum atomic E-state index is 12.3. The fourth-order valence-electron chi connectivity index (χ4n) is 3.11. The van der Waals surface area contributed by atoms with Crippen molar-refractivity contribution in [3.63, 3.8) is 0 Å². The number of nitrogens with zero attached hydrogens (tertiary/aromatic N) is 2. The molecule has 1 aliphatic heterocycles. The molecule has 3 aromatic carbocycles. The summed E-state index contributed by atoms with van der Waals surface area (Å²) in [5.41, 5.74) is 2.03. The highest BCUT2D eigenvalue weighted by molar-refractivity contribution is 6.30. The minimum absolute atomic E-state index is 0.236. The van der Waals surface area contributed by atoms with E-state index in [0.29, 0.717) is 27.8 Å². The molecular formula is C22H15ClN2O3. The Morgan fingerprint density at radius 1 is 1.07 bits per heavy atom. The zero-order valence-electron chi connectivity index (χ0n) is 14.7. The highest BCUT2D eigenvalue weighted by atomic mass is 35.5. The molecule has 1 saturated heterocycles. The van der Waals surface area contributed by atoms with E-state index in [9.17, 15) is 10.1 Å². The minimum Gasteiger partial charge on any atom is -0.456 e. The van der Waals surface area contributed by atoms with E-state index in [0.717, 1.165) is 5.56 Å². The Labute approximate surface area is 167 Å². The summed E-state index contributed by atoms with van der Waals surface area (Å²) < 4.78 is 11.2. The van der Waals surface area contributed by atoms with Crippen LogP contribution in [0.5, 0.6) is 11.5 Å². The van der Waals surface area contributed by atoms with E-state index in [2.05, 4.69) is 6.07 Å². The molecule has 0 bridgehead atoms. The van der Waals surface area contributed by atoms with Gasteiger partial charge in [-0.3, -0.25) is 4.90 Å². The van der Waals surface area contributed by atoms with Crippen LogP contribution in [-0.4, -0.2) is 12.7 Å². The second-order valence-corrected chi connectivity index (χ2v) is 6.66. The van der Waals surface area contributed by atoms with Crippen molar-refractivity contribution in [1.82, 2.24) is 0 Å². The summed E-state index contributed by atoms with van der Waals surface area (Å²) >= 11 is 5.96. The topological polar surface area (TPSA) is 62.6 Å². The van der Waals surface area contributed by atoms with Gasteiger partial charge in [0, 0.05) is 10.7 Å². The summed E-state index contributed by atoms with van der Waals surface area (Å²) in [7, 11) is 0. The number of benzene rings is 3. The number of carbonyl (C=O) groups is 1. The van der Waals surface area contributed by atoms with Crippen LogP contribution in [0.4, 0.5) is 10.5 Å². The second kappa shape index (κ2) is 7.63. The van der Waals surface area contributed by atoms with E-state index < -0.39 is 6.09 Å². The van der Waals surface area contributed by atoms with E-state index in [1.807, 2.05) is 30.3 Å². The number of halogens is 1. The summed E-state index contributed by atoms with van der Waals surface area (Å²) in [6.45, 7) is 0.236. The lowest BCUT2D eigenvalue weighted by Crippen LogP contribution is -2.27. The van der Waals surface area contributed by atoms with E-state index in [1.165, 1.54) is 0 Å². The molecular weight excluding hydrogens is 376 g/mol. The molecule has 1 atom stereocenters. The molecule has 1 amide bonds. The van der Waals surface area contributed by atoms with Gasteiger partial charge in [0.2, 0.25) is 0 Å². The van der Waals surface area contributed by atoms with Crippen LogP contribution in [0.15, 0.2) is 72.8 Å². The third-order valence-corrected chi connectivity index (χ3v) is 4.71. The Morgan fingerprint density at radius 3 is 2.64 bits per heavy atom. The first-order valence-electron chi connectivity index (χ1n) is 8.64. The molecule has 0 saturated carbocycles. The number of rotatable bonds is 4. The average Bonchev–Trinajstić information content (AvgIpc) is 3.11. The van der Waals surface area contributed by atoms with Crippen LogP contribution in [0.25, 0.3) is 0 Å². The number of hydrogen-bond donors (Lipinski definition) is 0. The molecule has 5 nitrogen and oxygen atoms in total. The lowest BCUT2D eigenvalue weighted by atomic mass is 10.1. The number of amides is 1. The minimum atomic E-state index is -0.409. The predicted octanol–water partition coefficient (Wildman–Crippen LogP) is 5.70. The number of para-hydroxylation sites is 1. The molecule has 3 aromatic rings. The third-order valence-electron chi connectivity index (χ3n) is 4.46. The fourth-order valence-corrected chi connectivity index (χ4v) is 3.24. The van der Waals surface area contributed by atoms with E-state index >= 15 is 0 Å². The van der Waals surface area contributed by atoms with Gasteiger partial charge in [-0.1, -0.05) is 35.9 Å². The molecule has 6 heteroatoms. The Balaban J connectivity index is 1.64. The molecule has 0 aromatic heterocycles. The Bertz CT molecular complexity index is 1060. The van der Waals surface area contributed by atoms with Crippen LogP contribution < -0.4 is 9.64 Å². The smallest absolute Gasteiger partial charge is 0.415 e. The van der Waals surface area contributed by atoms with Crippen molar-refractivity contribution in [3.05, 3.63) is 88.9 Å². The highest BCUT2D eigenvalue weighted by Gasteiger charge is 2.35. The number of nitriles is 1. The molecule has 0 aliphatic carbocycles. The summed E-state index contributed by atoms with van der Waals surface area (Å²) in [5.74, 6) is 1.06. The largest absolute Gasteiger partial charge is 0.456 e. The number of cyclic esters (lactones) is 1. The first-order chi connectivity index (χ1) is 13.7. The molecule has 138 valence electrons. The van der Waals surface area contributed by atoms with Crippen molar-refractivity contribution < 1.29 is 14.3 Å². The first-order valence-corrected chi connectivity index (χ1v) is 9.02. The molecule has 0 spiro atoms. The SMILES string of the molecule is N#Cc1ccccc1Oc1cccc(C2COC(=O)N2c2ccc(Cl)cc2)c1. The van der Waals surface area contributed by atoms with Crippen molar-refractivity contribution in [2.45, 2.75) is 6.04 Å². The van der Waals surface area contributed by atoms with Gasteiger partial charge in [-0.15, -0.1) is 0 Å². The molecule has 1 fully saturated rings. The first kappa shape index (κ1) is 17.9. The Hall–Kier alpha value is -3.49. The average molecular weight is 391 g/mol. The zero-order chi connectivity index (χ0) is 19.5. The summed E-state index contributed by atoms with van der Waals surface area (Å²) in [4.78, 5) is 13.9. The molecule has 4 rings (SSSR count). The van der Waals surface area contributed by atoms with Gasteiger partial charge in [-0.2, -0.15) is 5.26 Å². The van der Waals surface area contributed by atoms with Crippen molar-refractivity contribution in [2.24, 2.45) is 0 Å². The van der Waals surface area contributed by atoms with Gasteiger partial charge in [0.25, 0.3) is 0 Å². The maximum absolute atomic E-state index is 12.3. The van der Waals surface area contributed by atoms with Crippen molar-refractivity contribution in [2.75, 3.05) is 11.5 Å². The number of ether oxygens (including phenoxy) is 2. The third kappa shape index (κ3) is 3.51. The molecule has 1 unspecified atom stereocenters. The van der Waals surface area contributed by atoms with Crippen LogP contribution >= 0.6 is 11.6 Å². The van der Waals surface area contributed by atoms with E-state index in [4.69, 9.17) is 21.1 Å². The quantitative estimate of drug-likeness (QED) is 0.573.